The van der Waals surface area contributed by atoms with Gasteiger partial charge in [-0.2, -0.15) is 0 Å². The Labute approximate surface area is 111 Å². The molecule has 2 aromatic heterocycles. The summed E-state index contributed by atoms with van der Waals surface area (Å²) in [5.41, 5.74) is 2.30. The normalized spacial score (nSPS) is 10.7. The van der Waals surface area contributed by atoms with E-state index in [2.05, 4.69) is 21.9 Å². The number of thiazole rings is 1. The van der Waals surface area contributed by atoms with E-state index in [0.717, 1.165) is 21.9 Å². The predicted octanol–water partition coefficient (Wildman–Crippen LogP) is 4.31. The molecule has 2 aromatic rings. The Kier molecular flexibility index (Phi) is 4.07. The van der Waals surface area contributed by atoms with Crippen molar-refractivity contribution in [1.29, 1.82) is 0 Å². The van der Waals surface area contributed by atoms with Gasteiger partial charge in [0.15, 0.2) is 3.95 Å². The lowest BCUT2D eigenvalue weighted by atomic mass is 10.2. The number of unbranched alkanes of at least 4 members (excludes halogenated alkanes) is 1. The summed E-state index contributed by atoms with van der Waals surface area (Å²) in [5.74, 6) is 0.947. The van der Waals surface area contributed by atoms with Crippen LogP contribution in [-0.2, 0) is 6.42 Å². The van der Waals surface area contributed by atoms with Crippen LogP contribution in [0.15, 0.2) is 23.6 Å². The number of nitrogens with zero attached hydrogens (tertiary/aromatic N) is 2. The van der Waals surface area contributed by atoms with Crippen LogP contribution in [0.2, 0.25) is 0 Å². The third kappa shape index (κ3) is 2.82. The van der Waals surface area contributed by atoms with Crippen molar-refractivity contribution in [2.24, 2.45) is 0 Å². The number of hydrogen-bond donors (Lipinski definition) is 0. The van der Waals surface area contributed by atoms with Crippen LogP contribution in [0.25, 0.3) is 5.82 Å². The van der Waals surface area contributed by atoms with Crippen molar-refractivity contribution < 1.29 is 0 Å². The maximum atomic E-state index is 5.39. The van der Waals surface area contributed by atoms with Crippen LogP contribution >= 0.6 is 23.6 Å². The van der Waals surface area contributed by atoms with Gasteiger partial charge in [0.25, 0.3) is 0 Å². The minimum atomic E-state index is 0.884. The molecule has 0 radical (unpaired) electrons. The van der Waals surface area contributed by atoms with Crippen LogP contribution in [0.5, 0.6) is 0 Å². The molecule has 2 rings (SSSR count). The van der Waals surface area contributed by atoms with Crippen molar-refractivity contribution in [3.63, 3.8) is 0 Å². The highest BCUT2D eigenvalue weighted by atomic mass is 32.1. The molecule has 0 aliphatic carbocycles. The maximum Gasteiger partial charge on any atom is 0.167 e. The Balaban J connectivity index is 2.43. The third-order valence-corrected chi connectivity index (χ3v) is 3.90. The van der Waals surface area contributed by atoms with E-state index in [9.17, 15) is 0 Å². The van der Waals surface area contributed by atoms with E-state index in [-0.39, 0.29) is 0 Å². The molecule has 2 nitrogen and oxygen atoms in total. The summed E-state index contributed by atoms with van der Waals surface area (Å²) in [4.78, 5) is 4.55. The Bertz CT molecular complexity index is 555. The van der Waals surface area contributed by atoms with Crippen molar-refractivity contribution >= 4 is 23.6 Å². The molecular formula is C13H16N2S2. The lowest BCUT2D eigenvalue weighted by Crippen LogP contribution is -2.03. The average molecular weight is 264 g/mol. The van der Waals surface area contributed by atoms with Crippen molar-refractivity contribution in [3.05, 3.63) is 38.9 Å². The summed E-state index contributed by atoms with van der Waals surface area (Å²) in [6, 6.07) is 6.05. The molecule has 0 unspecified atom stereocenters. The topological polar surface area (TPSA) is 17.8 Å². The van der Waals surface area contributed by atoms with Crippen molar-refractivity contribution in [2.45, 2.75) is 33.1 Å². The van der Waals surface area contributed by atoms with E-state index in [0.29, 0.717) is 0 Å². The van der Waals surface area contributed by atoms with Crippen LogP contribution in [0, 0.1) is 10.9 Å². The second kappa shape index (κ2) is 5.56. The molecule has 0 fully saturated rings. The average Bonchev–Trinajstić information content (AvgIpc) is 2.68. The minimum Gasteiger partial charge on any atom is -0.280 e. The molecule has 0 saturated heterocycles. The number of pyridine rings is 1. The first-order valence-corrected chi connectivity index (χ1v) is 7.14. The first kappa shape index (κ1) is 12.5. The lowest BCUT2D eigenvalue weighted by Gasteiger charge is -2.07. The zero-order valence-corrected chi connectivity index (χ0v) is 11.8. The van der Waals surface area contributed by atoms with Crippen LogP contribution in [0.3, 0.4) is 0 Å². The summed E-state index contributed by atoms with van der Waals surface area (Å²) < 4.78 is 2.98. The number of aryl methyl sites for hydroxylation is 2. The van der Waals surface area contributed by atoms with Gasteiger partial charge in [0.2, 0.25) is 0 Å². The number of rotatable bonds is 4. The molecule has 0 atom stereocenters. The summed E-state index contributed by atoms with van der Waals surface area (Å²) in [7, 11) is 0. The number of hydrogen-bond acceptors (Lipinski definition) is 3. The zero-order valence-electron chi connectivity index (χ0n) is 10.1. The quantitative estimate of drug-likeness (QED) is 0.766. The van der Waals surface area contributed by atoms with Gasteiger partial charge < -0.3 is 0 Å². The van der Waals surface area contributed by atoms with Gasteiger partial charge in [-0.3, -0.25) is 4.57 Å². The zero-order chi connectivity index (χ0) is 12.3. The highest BCUT2D eigenvalue weighted by molar-refractivity contribution is 7.73. The molecule has 4 heteroatoms. The molecule has 90 valence electrons. The SMILES string of the molecule is CCCCc1csc(=S)n1-c1cccc(C)n1. The highest BCUT2D eigenvalue weighted by Gasteiger charge is 2.07. The van der Waals surface area contributed by atoms with E-state index in [1.165, 1.54) is 18.5 Å². The molecule has 0 spiro atoms. The molecule has 0 aliphatic heterocycles. The predicted molar refractivity (Wildman–Crippen MR) is 75.6 cm³/mol. The van der Waals surface area contributed by atoms with Gasteiger partial charge in [-0.05, 0) is 44.1 Å². The fraction of sp³-hybridized carbons (Fsp3) is 0.385. The van der Waals surface area contributed by atoms with E-state index in [1.807, 2.05) is 25.1 Å². The van der Waals surface area contributed by atoms with Crippen LogP contribution < -0.4 is 0 Å². The van der Waals surface area contributed by atoms with E-state index >= 15 is 0 Å². The Morgan fingerprint density at radius 2 is 2.24 bits per heavy atom. The van der Waals surface area contributed by atoms with Crippen LogP contribution in [0.4, 0.5) is 0 Å². The van der Waals surface area contributed by atoms with Gasteiger partial charge in [-0.1, -0.05) is 19.4 Å². The summed E-state index contributed by atoms with van der Waals surface area (Å²) in [6.07, 6.45) is 3.46. The molecule has 0 saturated carbocycles. The molecule has 0 aromatic carbocycles. The fourth-order valence-electron chi connectivity index (χ4n) is 1.76. The second-order valence-electron chi connectivity index (χ2n) is 4.07. The van der Waals surface area contributed by atoms with Gasteiger partial charge in [-0.25, -0.2) is 4.98 Å². The van der Waals surface area contributed by atoms with E-state index in [4.69, 9.17) is 12.2 Å². The smallest absolute Gasteiger partial charge is 0.167 e. The second-order valence-corrected chi connectivity index (χ2v) is 5.57. The van der Waals surface area contributed by atoms with Gasteiger partial charge in [0.05, 0.1) is 0 Å². The number of aromatic nitrogens is 2. The Morgan fingerprint density at radius 3 is 2.94 bits per heavy atom. The molecule has 17 heavy (non-hydrogen) atoms. The van der Waals surface area contributed by atoms with E-state index < -0.39 is 0 Å². The fourth-order valence-corrected chi connectivity index (χ4v) is 2.90. The third-order valence-electron chi connectivity index (χ3n) is 2.65. The Morgan fingerprint density at radius 1 is 1.41 bits per heavy atom. The van der Waals surface area contributed by atoms with Gasteiger partial charge >= 0.3 is 0 Å². The monoisotopic (exact) mass is 264 g/mol. The summed E-state index contributed by atoms with van der Waals surface area (Å²) in [6.45, 7) is 4.21. The molecule has 0 bridgehead atoms. The van der Waals surface area contributed by atoms with Crippen molar-refractivity contribution in [1.82, 2.24) is 9.55 Å². The van der Waals surface area contributed by atoms with Crippen LogP contribution in [0.1, 0.15) is 31.2 Å². The van der Waals surface area contributed by atoms with Gasteiger partial charge in [0, 0.05) is 16.8 Å². The minimum absolute atomic E-state index is 0.884. The Hall–Kier alpha value is -1.00. The lowest BCUT2D eigenvalue weighted by molar-refractivity contribution is 0.752. The maximum absolute atomic E-state index is 5.39. The summed E-state index contributed by atoms with van der Waals surface area (Å²) >= 11 is 7.01. The highest BCUT2D eigenvalue weighted by Crippen LogP contribution is 2.18. The molecule has 0 aliphatic rings. The molecule has 0 amide bonds. The standard InChI is InChI=1S/C13H16N2S2/c1-3-4-7-11-9-17-13(16)15(11)12-8-5-6-10(2)14-12/h5-6,8-9H,3-4,7H2,1-2H3. The molecular weight excluding hydrogens is 248 g/mol. The summed E-state index contributed by atoms with van der Waals surface area (Å²) in [5, 5.41) is 2.15. The molecule has 2 heterocycles. The first-order chi connectivity index (χ1) is 8.22. The van der Waals surface area contributed by atoms with E-state index in [1.54, 1.807) is 11.3 Å². The van der Waals surface area contributed by atoms with Gasteiger partial charge in [0.1, 0.15) is 5.82 Å². The van der Waals surface area contributed by atoms with Crippen molar-refractivity contribution in [2.75, 3.05) is 0 Å². The van der Waals surface area contributed by atoms with Crippen LogP contribution in [-0.4, -0.2) is 9.55 Å². The first-order valence-electron chi connectivity index (χ1n) is 5.86. The molecule has 0 N–H and O–H groups in total. The van der Waals surface area contributed by atoms with Crippen molar-refractivity contribution in [3.8, 4) is 5.82 Å². The van der Waals surface area contributed by atoms with Gasteiger partial charge in [-0.15, -0.1) is 11.3 Å². The largest absolute Gasteiger partial charge is 0.280 e.